The Balaban J connectivity index is 1.87. The highest BCUT2D eigenvalue weighted by atomic mass is 19.1. The van der Waals surface area contributed by atoms with E-state index in [9.17, 15) is 9.18 Å². The van der Waals surface area contributed by atoms with Gasteiger partial charge in [-0.3, -0.25) is 4.79 Å². The maximum Gasteiger partial charge on any atom is 0.238 e. The molecule has 0 heterocycles. The van der Waals surface area contributed by atoms with Gasteiger partial charge in [-0.2, -0.15) is 0 Å². The lowest BCUT2D eigenvalue weighted by atomic mass is 10.1. The zero-order valence-corrected chi connectivity index (χ0v) is 14.4. The maximum absolute atomic E-state index is 13.3. The van der Waals surface area contributed by atoms with Gasteiger partial charge in [0.15, 0.2) is 0 Å². The highest BCUT2D eigenvalue weighted by Gasteiger charge is 2.04. The van der Waals surface area contributed by atoms with Crippen LogP contribution in [-0.4, -0.2) is 31.4 Å². The average Bonchev–Trinajstić information content (AvgIpc) is 2.50. The maximum atomic E-state index is 13.3. The molecule has 0 atom stereocenters. The Morgan fingerprint density at radius 1 is 1.08 bits per heavy atom. The van der Waals surface area contributed by atoms with Crippen molar-refractivity contribution in [2.45, 2.75) is 20.0 Å². The Hall–Kier alpha value is -2.24. The molecule has 0 aliphatic heterocycles. The number of halogens is 1. The van der Waals surface area contributed by atoms with E-state index >= 15 is 0 Å². The van der Waals surface area contributed by atoms with Crippen LogP contribution in [0, 0.1) is 12.7 Å². The normalized spacial score (nSPS) is 10.9. The molecule has 0 aromatic heterocycles. The average molecular weight is 329 g/mol. The lowest BCUT2D eigenvalue weighted by Gasteiger charge is -2.11. The van der Waals surface area contributed by atoms with Crippen LogP contribution in [0.2, 0.25) is 0 Å². The molecule has 0 aliphatic carbocycles. The van der Waals surface area contributed by atoms with E-state index in [2.05, 4.69) is 10.6 Å². The van der Waals surface area contributed by atoms with Gasteiger partial charge in [0.25, 0.3) is 0 Å². The van der Waals surface area contributed by atoms with E-state index in [1.54, 1.807) is 13.0 Å². The second-order valence-electron chi connectivity index (χ2n) is 6.17. The smallest absolute Gasteiger partial charge is 0.238 e. The van der Waals surface area contributed by atoms with Gasteiger partial charge in [-0.15, -0.1) is 0 Å². The van der Waals surface area contributed by atoms with E-state index in [4.69, 9.17) is 0 Å². The lowest BCUT2D eigenvalue weighted by molar-refractivity contribution is -0.116. The molecule has 2 rings (SSSR count). The third-order valence-corrected chi connectivity index (χ3v) is 3.55. The van der Waals surface area contributed by atoms with Crippen LogP contribution in [0.25, 0.3) is 0 Å². The second-order valence-corrected chi connectivity index (χ2v) is 6.17. The summed E-state index contributed by atoms with van der Waals surface area (Å²) in [5.74, 6) is -0.216. The molecule has 1 amide bonds. The summed E-state index contributed by atoms with van der Waals surface area (Å²) in [6.07, 6.45) is 0. The van der Waals surface area contributed by atoms with Crippen LogP contribution in [0.3, 0.4) is 0 Å². The van der Waals surface area contributed by atoms with E-state index in [1.807, 2.05) is 49.3 Å². The lowest BCUT2D eigenvalue weighted by Crippen LogP contribution is -2.27. The number of hydrogen-bond donors (Lipinski definition) is 2. The number of amides is 1. The highest BCUT2D eigenvalue weighted by molar-refractivity contribution is 5.92. The highest BCUT2D eigenvalue weighted by Crippen LogP contribution is 2.12. The number of anilines is 1. The molecule has 0 fully saturated rings. The van der Waals surface area contributed by atoms with Gasteiger partial charge in [0.05, 0.1) is 6.54 Å². The minimum atomic E-state index is -0.181. The molecule has 0 radical (unpaired) electrons. The number of carbonyl (C=O) groups excluding carboxylic acids is 1. The fourth-order valence-corrected chi connectivity index (χ4v) is 2.41. The first kappa shape index (κ1) is 18.1. The number of hydrogen-bond acceptors (Lipinski definition) is 3. The minimum absolute atomic E-state index is 0.0353. The van der Waals surface area contributed by atoms with E-state index in [0.29, 0.717) is 25.2 Å². The third-order valence-electron chi connectivity index (χ3n) is 3.55. The molecule has 0 aliphatic rings. The Morgan fingerprint density at radius 3 is 2.46 bits per heavy atom. The van der Waals surface area contributed by atoms with Crippen LogP contribution in [-0.2, 0) is 17.9 Å². The Labute approximate surface area is 142 Å². The van der Waals surface area contributed by atoms with Crippen molar-refractivity contribution in [3.05, 3.63) is 65.0 Å². The summed E-state index contributed by atoms with van der Waals surface area (Å²) in [4.78, 5) is 13.6. The molecule has 0 saturated heterocycles. The van der Waals surface area contributed by atoms with Crippen molar-refractivity contribution in [2.24, 2.45) is 0 Å². The number of carbonyl (C=O) groups is 1. The number of nitrogens with one attached hydrogen (secondary N) is 2. The van der Waals surface area contributed by atoms with Gasteiger partial charge in [0.2, 0.25) is 5.91 Å². The molecule has 0 unspecified atom stereocenters. The summed E-state index contributed by atoms with van der Waals surface area (Å²) in [5.41, 5.74) is 3.57. The molecule has 2 N–H and O–H groups in total. The largest absolute Gasteiger partial charge is 0.325 e. The predicted octanol–water partition coefficient (Wildman–Crippen LogP) is 2.92. The molecule has 0 spiro atoms. The summed E-state index contributed by atoms with van der Waals surface area (Å²) in [6, 6.07) is 12.9. The van der Waals surface area contributed by atoms with Crippen molar-refractivity contribution < 1.29 is 9.18 Å². The zero-order chi connectivity index (χ0) is 17.5. The molecule has 2 aromatic rings. The van der Waals surface area contributed by atoms with Crippen molar-refractivity contribution in [1.29, 1.82) is 0 Å². The van der Waals surface area contributed by atoms with Gasteiger partial charge in [-0.05, 0) is 55.9 Å². The van der Waals surface area contributed by atoms with Crippen molar-refractivity contribution in [2.75, 3.05) is 26.0 Å². The van der Waals surface area contributed by atoms with Crippen molar-refractivity contribution >= 4 is 11.6 Å². The first-order valence-electron chi connectivity index (χ1n) is 7.93. The third kappa shape index (κ3) is 5.76. The van der Waals surface area contributed by atoms with Gasteiger partial charge < -0.3 is 15.5 Å². The number of benzene rings is 2. The molecule has 0 saturated carbocycles. The van der Waals surface area contributed by atoms with Gasteiger partial charge in [0.1, 0.15) is 5.82 Å². The molecule has 5 heteroatoms. The molecule has 2 aromatic carbocycles. The van der Waals surface area contributed by atoms with Crippen LogP contribution in [0.15, 0.2) is 42.5 Å². The summed E-state index contributed by atoms with van der Waals surface area (Å²) < 4.78 is 13.3. The molecule has 0 bridgehead atoms. The van der Waals surface area contributed by atoms with E-state index in [1.165, 1.54) is 6.07 Å². The van der Waals surface area contributed by atoms with Gasteiger partial charge in [-0.1, -0.05) is 24.3 Å². The van der Waals surface area contributed by atoms with E-state index in [0.717, 1.165) is 16.8 Å². The van der Waals surface area contributed by atoms with E-state index < -0.39 is 0 Å². The number of rotatable bonds is 7. The van der Waals surface area contributed by atoms with Crippen molar-refractivity contribution in [3.8, 4) is 0 Å². The number of likely N-dealkylation sites (N-methyl/N-ethyl adjacent to an activating group) is 1. The Kier molecular flexibility index (Phi) is 6.46. The van der Waals surface area contributed by atoms with Crippen LogP contribution in [0.4, 0.5) is 10.1 Å². The van der Waals surface area contributed by atoms with Crippen LogP contribution >= 0.6 is 0 Å². The van der Waals surface area contributed by atoms with Gasteiger partial charge >= 0.3 is 0 Å². The molecule has 128 valence electrons. The fraction of sp³-hybridized carbons (Fsp3) is 0.316. The minimum Gasteiger partial charge on any atom is -0.325 e. The second kappa shape index (κ2) is 8.57. The topological polar surface area (TPSA) is 44.4 Å². The summed E-state index contributed by atoms with van der Waals surface area (Å²) >= 11 is 0. The predicted molar refractivity (Wildman–Crippen MR) is 95.3 cm³/mol. The molecule has 24 heavy (non-hydrogen) atoms. The monoisotopic (exact) mass is 329 g/mol. The van der Waals surface area contributed by atoms with Crippen molar-refractivity contribution in [1.82, 2.24) is 10.2 Å². The van der Waals surface area contributed by atoms with Crippen LogP contribution < -0.4 is 10.6 Å². The van der Waals surface area contributed by atoms with Crippen LogP contribution in [0.5, 0.6) is 0 Å². The van der Waals surface area contributed by atoms with Gasteiger partial charge in [0, 0.05) is 18.8 Å². The van der Waals surface area contributed by atoms with Crippen molar-refractivity contribution in [3.63, 3.8) is 0 Å². The Morgan fingerprint density at radius 2 is 1.79 bits per heavy atom. The summed E-state index contributed by atoms with van der Waals surface area (Å²) in [7, 11) is 3.72. The molecule has 4 nitrogen and oxygen atoms in total. The molecular weight excluding hydrogens is 305 g/mol. The zero-order valence-electron chi connectivity index (χ0n) is 14.4. The fourth-order valence-electron chi connectivity index (χ4n) is 2.41. The van der Waals surface area contributed by atoms with Crippen LogP contribution in [0.1, 0.15) is 16.7 Å². The molecular formula is C19H24FN3O. The first-order valence-corrected chi connectivity index (χ1v) is 7.93. The summed E-state index contributed by atoms with van der Waals surface area (Å²) in [5, 5.41) is 6.22. The SMILES string of the molecule is Cc1cc(CNCc2cccc(NC(=O)CN(C)C)c2)ccc1F. The summed E-state index contributed by atoms with van der Waals surface area (Å²) in [6.45, 7) is 3.46. The Bertz CT molecular complexity index is 701. The van der Waals surface area contributed by atoms with E-state index in [-0.39, 0.29) is 11.7 Å². The standard InChI is InChI=1S/C19H24FN3O/c1-14-9-16(7-8-18(14)20)12-21-11-15-5-4-6-17(10-15)22-19(24)13-23(2)3/h4-10,21H,11-13H2,1-3H3,(H,22,24). The number of nitrogens with zero attached hydrogens (tertiary/aromatic N) is 1. The quantitative estimate of drug-likeness (QED) is 0.821. The first-order chi connectivity index (χ1) is 11.4. The number of aryl methyl sites for hydroxylation is 1. The van der Waals surface area contributed by atoms with Gasteiger partial charge in [-0.25, -0.2) is 4.39 Å².